The van der Waals surface area contributed by atoms with E-state index in [2.05, 4.69) is 5.32 Å². The molecule has 7 nitrogen and oxygen atoms in total. The summed E-state index contributed by atoms with van der Waals surface area (Å²) in [6, 6.07) is 17.8. The largest absolute Gasteiger partial charge is 0.480 e. The minimum Gasteiger partial charge on any atom is -0.480 e. The fourth-order valence-corrected chi connectivity index (χ4v) is 2.43. The monoisotopic (exact) mass is 401 g/mol. The summed E-state index contributed by atoms with van der Waals surface area (Å²) in [5, 5.41) is 11.6. The van der Waals surface area contributed by atoms with Gasteiger partial charge in [0.2, 0.25) is 0 Å². The van der Waals surface area contributed by atoms with Crippen LogP contribution in [0.4, 0.5) is 4.79 Å². The van der Waals surface area contributed by atoms with Crippen molar-refractivity contribution in [1.82, 2.24) is 5.32 Å². The smallest absolute Gasteiger partial charge is 0.408 e. The van der Waals surface area contributed by atoms with E-state index in [1.54, 1.807) is 0 Å². The summed E-state index contributed by atoms with van der Waals surface area (Å²) in [7, 11) is 0. The zero-order valence-corrected chi connectivity index (χ0v) is 16.5. The van der Waals surface area contributed by atoms with Gasteiger partial charge in [0, 0.05) is 6.61 Å². The van der Waals surface area contributed by atoms with Crippen molar-refractivity contribution >= 4 is 12.1 Å². The van der Waals surface area contributed by atoms with E-state index in [1.165, 1.54) is 0 Å². The van der Waals surface area contributed by atoms with E-state index in [0.717, 1.165) is 11.1 Å². The van der Waals surface area contributed by atoms with Crippen molar-refractivity contribution in [2.75, 3.05) is 13.2 Å². The quantitative estimate of drug-likeness (QED) is 0.530. The molecular weight excluding hydrogens is 374 g/mol. The van der Waals surface area contributed by atoms with Crippen LogP contribution in [0.15, 0.2) is 60.7 Å². The molecule has 0 radical (unpaired) electrons. The second-order valence-electron chi connectivity index (χ2n) is 6.57. The number of ether oxygens (including phenoxy) is 3. The maximum absolute atomic E-state index is 11.8. The summed E-state index contributed by atoms with van der Waals surface area (Å²) in [5.41, 5.74) is 1.90. The van der Waals surface area contributed by atoms with E-state index in [4.69, 9.17) is 14.2 Å². The number of benzene rings is 2. The lowest BCUT2D eigenvalue weighted by Gasteiger charge is -2.16. The van der Waals surface area contributed by atoms with Crippen LogP contribution in [0.2, 0.25) is 0 Å². The molecule has 29 heavy (non-hydrogen) atoms. The van der Waals surface area contributed by atoms with Crippen molar-refractivity contribution in [3.8, 4) is 0 Å². The fraction of sp³-hybridized carbons (Fsp3) is 0.364. The zero-order chi connectivity index (χ0) is 20.9. The molecule has 7 heteroatoms. The molecule has 1 amide bonds. The van der Waals surface area contributed by atoms with Crippen molar-refractivity contribution in [2.45, 2.75) is 38.7 Å². The predicted octanol–water partition coefficient (Wildman–Crippen LogP) is 3.38. The Morgan fingerprint density at radius 2 is 1.55 bits per heavy atom. The number of nitrogens with one attached hydrogen (secondary N) is 1. The summed E-state index contributed by atoms with van der Waals surface area (Å²) in [6.45, 7) is 2.67. The predicted molar refractivity (Wildman–Crippen MR) is 107 cm³/mol. The third-order valence-corrected chi connectivity index (χ3v) is 4.13. The van der Waals surface area contributed by atoms with Crippen LogP contribution < -0.4 is 5.32 Å². The van der Waals surface area contributed by atoms with E-state index in [1.807, 2.05) is 67.6 Å². The van der Waals surface area contributed by atoms with Gasteiger partial charge in [-0.05, 0) is 24.5 Å². The number of carboxylic acid groups (broad SMARTS) is 1. The van der Waals surface area contributed by atoms with Crippen LogP contribution in [0.25, 0.3) is 0 Å². The second-order valence-corrected chi connectivity index (χ2v) is 6.57. The van der Waals surface area contributed by atoms with Crippen LogP contribution in [0.1, 0.15) is 24.5 Å². The molecule has 0 aromatic heterocycles. The highest BCUT2D eigenvalue weighted by atomic mass is 16.5. The Labute approximate surface area is 170 Å². The van der Waals surface area contributed by atoms with E-state index >= 15 is 0 Å². The van der Waals surface area contributed by atoms with Crippen LogP contribution in [-0.4, -0.2) is 42.5 Å². The number of carbonyl (C=O) groups excluding carboxylic acids is 1. The third kappa shape index (κ3) is 9.23. The highest BCUT2D eigenvalue weighted by Crippen LogP contribution is 2.06. The van der Waals surface area contributed by atoms with Gasteiger partial charge in [0.15, 0.2) is 6.04 Å². The Morgan fingerprint density at radius 1 is 0.966 bits per heavy atom. The number of rotatable bonds is 12. The van der Waals surface area contributed by atoms with Crippen molar-refractivity contribution in [3.05, 3.63) is 71.8 Å². The topological polar surface area (TPSA) is 94.1 Å². The lowest BCUT2D eigenvalue weighted by Crippen LogP contribution is -2.44. The lowest BCUT2D eigenvalue weighted by atomic mass is 10.2. The van der Waals surface area contributed by atoms with Crippen molar-refractivity contribution in [2.24, 2.45) is 0 Å². The minimum atomic E-state index is -1.19. The first-order valence-corrected chi connectivity index (χ1v) is 9.48. The molecule has 0 saturated carbocycles. The van der Waals surface area contributed by atoms with Crippen molar-refractivity contribution < 1.29 is 28.9 Å². The number of aliphatic carboxylic acids is 1. The number of amides is 1. The van der Waals surface area contributed by atoms with Gasteiger partial charge in [-0.2, -0.15) is 0 Å². The van der Waals surface area contributed by atoms with Crippen LogP contribution in [0.3, 0.4) is 0 Å². The van der Waals surface area contributed by atoms with Gasteiger partial charge in [0.1, 0.15) is 6.61 Å². The first-order chi connectivity index (χ1) is 14.0. The Balaban J connectivity index is 1.62. The molecule has 0 saturated heterocycles. The molecule has 2 aromatic carbocycles. The summed E-state index contributed by atoms with van der Waals surface area (Å²) in [6.07, 6.45) is -0.232. The summed E-state index contributed by atoms with van der Waals surface area (Å²) < 4.78 is 16.2. The van der Waals surface area contributed by atoms with E-state index in [9.17, 15) is 14.7 Å². The Morgan fingerprint density at radius 3 is 2.14 bits per heavy atom. The first kappa shape index (κ1) is 22.4. The molecule has 0 bridgehead atoms. The molecule has 0 fully saturated rings. The zero-order valence-electron chi connectivity index (χ0n) is 16.5. The Hall–Kier alpha value is -2.90. The SMILES string of the molecule is C[C@H](CCOC[C@H](NC(=O)OCc1ccccc1)C(=O)O)OCc1ccccc1. The summed E-state index contributed by atoms with van der Waals surface area (Å²) in [4.78, 5) is 23.1. The molecule has 0 spiro atoms. The van der Waals surface area contributed by atoms with Gasteiger partial charge < -0.3 is 24.6 Å². The van der Waals surface area contributed by atoms with Gasteiger partial charge in [-0.25, -0.2) is 9.59 Å². The number of hydrogen-bond acceptors (Lipinski definition) is 5. The van der Waals surface area contributed by atoms with Crippen LogP contribution >= 0.6 is 0 Å². The molecular formula is C22H27NO6. The number of carbonyl (C=O) groups is 2. The minimum absolute atomic E-state index is 0.0396. The lowest BCUT2D eigenvalue weighted by molar-refractivity contribution is -0.141. The highest BCUT2D eigenvalue weighted by Gasteiger charge is 2.21. The standard InChI is InChI=1S/C22H27NO6/c1-17(28-14-18-8-4-2-5-9-18)12-13-27-16-20(21(24)25)23-22(26)29-15-19-10-6-3-7-11-19/h2-11,17,20H,12-16H2,1H3,(H,23,26)(H,24,25)/t17-,20+/m1/s1. The van der Waals surface area contributed by atoms with Gasteiger partial charge in [-0.1, -0.05) is 60.7 Å². The number of alkyl carbamates (subject to hydrolysis) is 1. The van der Waals surface area contributed by atoms with E-state index in [-0.39, 0.29) is 19.3 Å². The summed E-state index contributed by atoms with van der Waals surface area (Å²) in [5.74, 6) is -1.19. The highest BCUT2D eigenvalue weighted by molar-refractivity contribution is 5.80. The fourth-order valence-electron chi connectivity index (χ4n) is 2.43. The molecule has 156 valence electrons. The number of carboxylic acids is 1. The average molecular weight is 401 g/mol. The van der Waals surface area contributed by atoms with Gasteiger partial charge in [0.25, 0.3) is 0 Å². The molecule has 0 aliphatic carbocycles. The van der Waals surface area contributed by atoms with Gasteiger partial charge in [-0.3, -0.25) is 0 Å². The number of hydrogen-bond donors (Lipinski definition) is 2. The van der Waals surface area contributed by atoms with Crippen molar-refractivity contribution in [3.63, 3.8) is 0 Å². The molecule has 0 aliphatic heterocycles. The molecule has 2 atom stereocenters. The van der Waals surface area contributed by atoms with Gasteiger partial charge in [-0.15, -0.1) is 0 Å². The molecule has 0 heterocycles. The molecule has 2 rings (SSSR count). The maximum atomic E-state index is 11.8. The van der Waals surface area contributed by atoms with E-state index < -0.39 is 18.1 Å². The maximum Gasteiger partial charge on any atom is 0.408 e. The Bertz CT molecular complexity index is 737. The molecule has 2 N–H and O–H groups in total. The first-order valence-electron chi connectivity index (χ1n) is 9.48. The van der Waals surface area contributed by atoms with Crippen LogP contribution in [0, 0.1) is 0 Å². The third-order valence-electron chi connectivity index (χ3n) is 4.13. The molecule has 0 aliphatic rings. The van der Waals surface area contributed by atoms with Crippen LogP contribution in [0.5, 0.6) is 0 Å². The van der Waals surface area contributed by atoms with Gasteiger partial charge >= 0.3 is 12.1 Å². The Kier molecular flexibility index (Phi) is 9.68. The van der Waals surface area contributed by atoms with Crippen molar-refractivity contribution in [1.29, 1.82) is 0 Å². The normalized spacial score (nSPS) is 12.7. The second kappa shape index (κ2) is 12.5. The van der Waals surface area contributed by atoms with Crippen LogP contribution in [-0.2, 0) is 32.2 Å². The average Bonchev–Trinajstić information content (AvgIpc) is 2.74. The molecule has 2 aromatic rings. The summed E-state index contributed by atoms with van der Waals surface area (Å²) >= 11 is 0. The molecule has 0 unspecified atom stereocenters. The van der Waals surface area contributed by atoms with Gasteiger partial charge in [0.05, 0.1) is 19.3 Å². The van der Waals surface area contributed by atoms with E-state index in [0.29, 0.717) is 19.6 Å².